The van der Waals surface area contributed by atoms with Gasteiger partial charge in [0.15, 0.2) is 0 Å². The molecule has 0 radical (unpaired) electrons. The Kier molecular flexibility index (Phi) is 3.64. The number of nitrogens with zero attached hydrogens (tertiary/aromatic N) is 1. The average molecular weight is 293 g/mol. The van der Waals surface area contributed by atoms with E-state index >= 15 is 0 Å². The second-order valence-corrected chi connectivity index (χ2v) is 4.57. The first-order valence-corrected chi connectivity index (χ1v) is 6.06. The number of hydrogen-bond acceptors (Lipinski definition) is 3. The zero-order valence-electron chi connectivity index (χ0n) is 9.70. The van der Waals surface area contributed by atoms with E-state index in [1.165, 1.54) is 0 Å². The highest BCUT2D eigenvalue weighted by Gasteiger charge is 2.03. The van der Waals surface area contributed by atoms with E-state index in [0.717, 1.165) is 21.5 Å². The van der Waals surface area contributed by atoms with E-state index in [4.69, 9.17) is 4.74 Å². The fourth-order valence-corrected chi connectivity index (χ4v) is 1.88. The standard InChI is InChI=1S/C13H13BrN2O/c1-9-7-10(14)8-16-13(9)17-12-5-3-11(15-2)4-6-12/h3-8,15H,1-2H3. The molecule has 3 nitrogen and oxygen atoms in total. The number of aromatic nitrogens is 1. The van der Waals surface area contributed by atoms with Gasteiger partial charge in [-0.1, -0.05) is 0 Å². The highest BCUT2D eigenvalue weighted by Crippen LogP contribution is 2.25. The fourth-order valence-electron chi connectivity index (χ4n) is 1.44. The lowest BCUT2D eigenvalue weighted by Crippen LogP contribution is -1.92. The number of rotatable bonds is 3. The van der Waals surface area contributed by atoms with Gasteiger partial charge in [-0.25, -0.2) is 4.98 Å². The normalized spacial score (nSPS) is 10.1. The molecule has 1 N–H and O–H groups in total. The summed E-state index contributed by atoms with van der Waals surface area (Å²) in [6.07, 6.45) is 1.73. The van der Waals surface area contributed by atoms with Crippen LogP contribution in [0.25, 0.3) is 0 Å². The molecule has 2 rings (SSSR count). The molecule has 0 fully saturated rings. The van der Waals surface area contributed by atoms with Crippen molar-refractivity contribution in [2.24, 2.45) is 0 Å². The SMILES string of the molecule is CNc1ccc(Oc2ncc(Br)cc2C)cc1. The van der Waals surface area contributed by atoms with Crippen molar-refractivity contribution in [3.8, 4) is 11.6 Å². The molecular weight excluding hydrogens is 280 g/mol. The predicted molar refractivity (Wildman–Crippen MR) is 72.7 cm³/mol. The number of aryl methyl sites for hydroxylation is 1. The van der Waals surface area contributed by atoms with Crippen molar-refractivity contribution in [3.05, 3.63) is 46.6 Å². The molecule has 4 heteroatoms. The highest BCUT2D eigenvalue weighted by atomic mass is 79.9. The minimum absolute atomic E-state index is 0.630. The zero-order valence-corrected chi connectivity index (χ0v) is 11.3. The Morgan fingerprint density at radius 2 is 1.94 bits per heavy atom. The molecule has 0 aliphatic rings. The third-order valence-electron chi connectivity index (χ3n) is 2.35. The molecule has 1 aromatic carbocycles. The molecule has 0 saturated carbocycles. The highest BCUT2D eigenvalue weighted by molar-refractivity contribution is 9.10. The molecule has 0 aliphatic heterocycles. The van der Waals surface area contributed by atoms with Gasteiger partial charge >= 0.3 is 0 Å². The molecule has 0 spiro atoms. The lowest BCUT2D eigenvalue weighted by molar-refractivity contribution is 0.459. The van der Waals surface area contributed by atoms with Gasteiger partial charge in [-0.05, 0) is 53.2 Å². The Balaban J connectivity index is 2.19. The summed E-state index contributed by atoms with van der Waals surface area (Å²) in [4.78, 5) is 4.23. The van der Waals surface area contributed by atoms with Crippen molar-refractivity contribution in [1.82, 2.24) is 4.98 Å². The fraction of sp³-hybridized carbons (Fsp3) is 0.154. The average Bonchev–Trinajstić information content (AvgIpc) is 2.34. The first-order valence-electron chi connectivity index (χ1n) is 5.27. The number of benzene rings is 1. The second-order valence-electron chi connectivity index (χ2n) is 3.65. The minimum Gasteiger partial charge on any atom is -0.439 e. The van der Waals surface area contributed by atoms with E-state index in [1.54, 1.807) is 6.20 Å². The number of pyridine rings is 1. The third kappa shape index (κ3) is 2.97. The molecule has 0 atom stereocenters. The monoisotopic (exact) mass is 292 g/mol. The van der Waals surface area contributed by atoms with Gasteiger partial charge in [0, 0.05) is 29.0 Å². The summed E-state index contributed by atoms with van der Waals surface area (Å²) < 4.78 is 6.66. The summed E-state index contributed by atoms with van der Waals surface area (Å²) >= 11 is 3.37. The van der Waals surface area contributed by atoms with E-state index < -0.39 is 0 Å². The summed E-state index contributed by atoms with van der Waals surface area (Å²) in [6.45, 7) is 1.97. The first-order chi connectivity index (χ1) is 8.19. The predicted octanol–water partition coefficient (Wildman–Crippen LogP) is 3.99. The van der Waals surface area contributed by atoms with E-state index in [2.05, 4.69) is 26.2 Å². The van der Waals surface area contributed by atoms with E-state index in [-0.39, 0.29) is 0 Å². The van der Waals surface area contributed by atoms with Crippen LogP contribution in [0.5, 0.6) is 11.6 Å². The van der Waals surface area contributed by atoms with Crippen LogP contribution in [0.15, 0.2) is 41.0 Å². The van der Waals surface area contributed by atoms with Gasteiger partial charge in [0.25, 0.3) is 0 Å². The van der Waals surface area contributed by atoms with Crippen molar-refractivity contribution in [2.45, 2.75) is 6.92 Å². The summed E-state index contributed by atoms with van der Waals surface area (Å²) in [5, 5.41) is 3.06. The Hall–Kier alpha value is -1.55. The van der Waals surface area contributed by atoms with Crippen LogP contribution in [0.1, 0.15) is 5.56 Å². The van der Waals surface area contributed by atoms with Crippen LogP contribution in [0.3, 0.4) is 0 Å². The number of anilines is 1. The summed E-state index contributed by atoms with van der Waals surface area (Å²) in [5.41, 5.74) is 2.05. The first kappa shape index (κ1) is 11.9. The molecule has 88 valence electrons. The third-order valence-corrected chi connectivity index (χ3v) is 2.79. The molecule has 0 aliphatic carbocycles. The van der Waals surface area contributed by atoms with Crippen LogP contribution in [0.4, 0.5) is 5.69 Å². The van der Waals surface area contributed by atoms with Crippen molar-refractivity contribution in [2.75, 3.05) is 12.4 Å². The maximum Gasteiger partial charge on any atom is 0.222 e. The molecule has 1 aromatic heterocycles. The number of halogens is 1. The van der Waals surface area contributed by atoms with Crippen molar-refractivity contribution in [1.29, 1.82) is 0 Å². The summed E-state index contributed by atoms with van der Waals surface area (Å²) in [5.74, 6) is 1.41. The van der Waals surface area contributed by atoms with Gasteiger partial charge in [-0.3, -0.25) is 0 Å². The van der Waals surface area contributed by atoms with Crippen LogP contribution in [-0.2, 0) is 0 Å². The Bertz CT molecular complexity index is 511. The topological polar surface area (TPSA) is 34.1 Å². The molecule has 1 heterocycles. The lowest BCUT2D eigenvalue weighted by atomic mass is 10.3. The van der Waals surface area contributed by atoms with E-state index in [9.17, 15) is 0 Å². The van der Waals surface area contributed by atoms with Gasteiger partial charge in [0.05, 0.1) is 0 Å². The maximum atomic E-state index is 5.70. The van der Waals surface area contributed by atoms with Gasteiger partial charge < -0.3 is 10.1 Å². The molecule has 2 aromatic rings. The molecule has 17 heavy (non-hydrogen) atoms. The van der Waals surface area contributed by atoms with Crippen molar-refractivity contribution < 1.29 is 4.74 Å². The van der Waals surface area contributed by atoms with E-state index in [0.29, 0.717) is 5.88 Å². The van der Waals surface area contributed by atoms with Gasteiger partial charge in [0.1, 0.15) is 5.75 Å². The van der Waals surface area contributed by atoms with Gasteiger partial charge in [-0.2, -0.15) is 0 Å². The minimum atomic E-state index is 0.630. The Morgan fingerprint density at radius 3 is 2.53 bits per heavy atom. The second kappa shape index (κ2) is 5.19. The van der Waals surface area contributed by atoms with Crippen LogP contribution in [0.2, 0.25) is 0 Å². The maximum absolute atomic E-state index is 5.70. The number of hydrogen-bond donors (Lipinski definition) is 1. The molecular formula is C13H13BrN2O. The smallest absolute Gasteiger partial charge is 0.222 e. The zero-order chi connectivity index (χ0) is 12.3. The number of nitrogens with one attached hydrogen (secondary N) is 1. The summed E-state index contributed by atoms with van der Waals surface area (Å²) in [6, 6.07) is 9.72. The lowest BCUT2D eigenvalue weighted by Gasteiger charge is -2.08. The van der Waals surface area contributed by atoms with E-state index in [1.807, 2.05) is 44.3 Å². The van der Waals surface area contributed by atoms with Crippen LogP contribution in [-0.4, -0.2) is 12.0 Å². The van der Waals surface area contributed by atoms with Crippen LogP contribution < -0.4 is 10.1 Å². The van der Waals surface area contributed by atoms with Crippen molar-refractivity contribution >= 4 is 21.6 Å². The van der Waals surface area contributed by atoms with Crippen molar-refractivity contribution in [3.63, 3.8) is 0 Å². The quantitative estimate of drug-likeness (QED) is 0.929. The molecule has 0 bridgehead atoms. The Labute approximate surface area is 109 Å². The molecule has 0 saturated heterocycles. The van der Waals surface area contributed by atoms with Gasteiger partial charge in [-0.15, -0.1) is 0 Å². The molecule has 0 unspecified atom stereocenters. The van der Waals surface area contributed by atoms with Crippen LogP contribution >= 0.6 is 15.9 Å². The van der Waals surface area contributed by atoms with Crippen LogP contribution in [0, 0.1) is 6.92 Å². The van der Waals surface area contributed by atoms with Gasteiger partial charge in [0.2, 0.25) is 5.88 Å². The largest absolute Gasteiger partial charge is 0.439 e. The summed E-state index contributed by atoms with van der Waals surface area (Å²) in [7, 11) is 1.89. The Morgan fingerprint density at radius 1 is 1.24 bits per heavy atom. The molecule has 0 amide bonds. The number of ether oxygens (including phenoxy) is 1.